The summed E-state index contributed by atoms with van der Waals surface area (Å²) in [5, 5.41) is 9.37. The zero-order valence-corrected chi connectivity index (χ0v) is 11.8. The predicted molar refractivity (Wildman–Crippen MR) is 76.3 cm³/mol. The molecule has 0 saturated heterocycles. The molecule has 94 valence electrons. The van der Waals surface area contributed by atoms with E-state index in [-0.39, 0.29) is 5.41 Å². The highest BCUT2D eigenvalue weighted by molar-refractivity contribution is 5.80. The van der Waals surface area contributed by atoms with Crippen LogP contribution in [0.1, 0.15) is 56.7 Å². The lowest BCUT2D eigenvalue weighted by atomic mass is 9.86. The fourth-order valence-electron chi connectivity index (χ4n) is 2.92. The zero-order chi connectivity index (χ0) is 13.3. The fourth-order valence-corrected chi connectivity index (χ4v) is 2.92. The van der Waals surface area contributed by atoms with E-state index in [4.69, 9.17) is 0 Å². The van der Waals surface area contributed by atoms with Crippen molar-refractivity contribution in [2.45, 2.75) is 52.4 Å². The molecule has 1 aromatic carbocycles. The molecule has 0 bridgehead atoms. The molecule has 0 radical (unpaired) electrons. The standard InChI is InChI=1S/C17H21N/c1-5-6-13(11-18)15-10-17(3,4)16-8-7-12(2)9-14(15)16/h7-9H,5-6,10H2,1-4H3. The summed E-state index contributed by atoms with van der Waals surface area (Å²) >= 11 is 0. The van der Waals surface area contributed by atoms with E-state index in [0.29, 0.717) is 0 Å². The molecule has 18 heavy (non-hydrogen) atoms. The highest BCUT2D eigenvalue weighted by Gasteiger charge is 2.34. The van der Waals surface area contributed by atoms with Gasteiger partial charge in [-0.3, -0.25) is 0 Å². The first-order valence-corrected chi connectivity index (χ1v) is 6.73. The van der Waals surface area contributed by atoms with E-state index in [9.17, 15) is 5.26 Å². The minimum Gasteiger partial charge on any atom is -0.193 e. The number of allylic oxidation sites excluding steroid dienone is 2. The van der Waals surface area contributed by atoms with Gasteiger partial charge in [0.25, 0.3) is 0 Å². The topological polar surface area (TPSA) is 23.8 Å². The second kappa shape index (κ2) is 4.61. The van der Waals surface area contributed by atoms with Crippen LogP contribution in [0.15, 0.2) is 23.8 Å². The number of hydrogen-bond acceptors (Lipinski definition) is 1. The normalized spacial score (nSPS) is 19.3. The van der Waals surface area contributed by atoms with E-state index >= 15 is 0 Å². The number of aryl methyl sites for hydroxylation is 1. The molecule has 1 aliphatic carbocycles. The number of hydrogen-bond donors (Lipinski definition) is 0. The lowest BCUT2D eigenvalue weighted by molar-refractivity contribution is 0.562. The number of rotatable bonds is 2. The van der Waals surface area contributed by atoms with Gasteiger partial charge in [-0.25, -0.2) is 0 Å². The first kappa shape index (κ1) is 12.9. The maximum Gasteiger partial charge on any atom is 0.0950 e. The summed E-state index contributed by atoms with van der Waals surface area (Å²) in [7, 11) is 0. The van der Waals surface area contributed by atoms with Crippen LogP contribution < -0.4 is 0 Å². The SMILES string of the molecule is CCCC(C#N)=C1CC(C)(C)c2ccc(C)cc21. The van der Waals surface area contributed by atoms with Crippen molar-refractivity contribution in [3.05, 3.63) is 40.5 Å². The van der Waals surface area contributed by atoms with Crippen molar-refractivity contribution in [2.24, 2.45) is 0 Å². The summed E-state index contributed by atoms with van der Waals surface area (Å²) < 4.78 is 0. The summed E-state index contributed by atoms with van der Waals surface area (Å²) in [6.07, 6.45) is 2.93. The van der Waals surface area contributed by atoms with Crippen LogP contribution in [-0.2, 0) is 5.41 Å². The number of nitrogens with zero attached hydrogens (tertiary/aromatic N) is 1. The van der Waals surface area contributed by atoms with Crippen molar-refractivity contribution in [1.82, 2.24) is 0 Å². The van der Waals surface area contributed by atoms with Gasteiger partial charge in [0.15, 0.2) is 0 Å². The predicted octanol–water partition coefficient (Wildman–Crippen LogP) is 4.75. The van der Waals surface area contributed by atoms with Gasteiger partial charge in [-0.2, -0.15) is 5.26 Å². The number of nitriles is 1. The summed E-state index contributed by atoms with van der Waals surface area (Å²) in [6, 6.07) is 9.08. The van der Waals surface area contributed by atoms with Gasteiger partial charge in [-0.15, -0.1) is 0 Å². The zero-order valence-electron chi connectivity index (χ0n) is 11.8. The van der Waals surface area contributed by atoms with Gasteiger partial charge in [0.1, 0.15) is 0 Å². The Morgan fingerprint density at radius 1 is 1.39 bits per heavy atom. The first-order valence-electron chi connectivity index (χ1n) is 6.73. The molecule has 2 rings (SSSR count). The van der Waals surface area contributed by atoms with Crippen LogP contribution in [0.4, 0.5) is 0 Å². The van der Waals surface area contributed by atoms with Crippen LogP contribution in [0, 0.1) is 18.3 Å². The molecule has 1 aromatic rings. The quantitative estimate of drug-likeness (QED) is 0.683. The van der Waals surface area contributed by atoms with Gasteiger partial charge < -0.3 is 0 Å². The summed E-state index contributed by atoms with van der Waals surface area (Å²) in [5.41, 5.74) is 6.40. The highest BCUT2D eigenvalue weighted by atomic mass is 14.4. The van der Waals surface area contributed by atoms with E-state index < -0.39 is 0 Å². The summed E-state index contributed by atoms with van der Waals surface area (Å²) in [4.78, 5) is 0. The Labute approximate surface area is 110 Å². The molecule has 1 heteroatoms. The Bertz CT molecular complexity index is 541. The molecule has 0 spiro atoms. The summed E-state index contributed by atoms with van der Waals surface area (Å²) in [6.45, 7) is 8.80. The number of benzene rings is 1. The van der Waals surface area contributed by atoms with Crippen LogP contribution in [0.2, 0.25) is 0 Å². The van der Waals surface area contributed by atoms with Crippen LogP contribution in [-0.4, -0.2) is 0 Å². The Balaban J connectivity index is 2.63. The van der Waals surface area contributed by atoms with Crippen LogP contribution in [0.5, 0.6) is 0 Å². The van der Waals surface area contributed by atoms with E-state index in [2.05, 4.69) is 52.0 Å². The molecule has 1 aliphatic rings. The first-order chi connectivity index (χ1) is 8.49. The maximum absolute atomic E-state index is 9.37. The Morgan fingerprint density at radius 2 is 2.11 bits per heavy atom. The minimum atomic E-state index is 0.161. The molecule has 0 aromatic heterocycles. The summed E-state index contributed by atoms with van der Waals surface area (Å²) in [5.74, 6) is 0. The maximum atomic E-state index is 9.37. The van der Waals surface area contributed by atoms with E-state index in [1.807, 2.05) is 0 Å². The average Bonchev–Trinajstić information content (AvgIpc) is 2.58. The molecule has 0 atom stereocenters. The van der Waals surface area contributed by atoms with E-state index in [1.165, 1.54) is 22.3 Å². The smallest absolute Gasteiger partial charge is 0.0950 e. The Kier molecular flexibility index (Phi) is 3.30. The molecule has 0 unspecified atom stereocenters. The van der Waals surface area contributed by atoms with Crippen molar-refractivity contribution in [1.29, 1.82) is 5.26 Å². The van der Waals surface area contributed by atoms with Gasteiger partial charge in [0, 0.05) is 5.57 Å². The van der Waals surface area contributed by atoms with Gasteiger partial charge in [0.2, 0.25) is 0 Å². The average molecular weight is 239 g/mol. The molecule has 0 fully saturated rings. The lowest BCUT2D eigenvalue weighted by Crippen LogP contribution is -2.11. The monoisotopic (exact) mass is 239 g/mol. The third-order valence-corrected chi connectivity index (χ3v) is 3.85. The third-order valence-electron chi connectivity index (χ3n) is 3.85. The van der Waals surface area contributed by atoms with Crippen molar-refractivity contribution in [2.75, 3.05) is 0 Å². The molecular formula is C17H21N. The third kappa shape index (κ3) is 2.08. The molecule has 0 heterocycles. The van der Waals surface area contributed by atoms with Crippen LogP contribution in [0.25, 0.3) is 5.57 Å². The fraction of sp³-hybridized carbons (Fsp3) is 0.471. The van der Waals surface area contributed by atoms with Gasteiger partial charge in [-0.1, -0.05) is 51.0 Å². The molecule has 1 nitrogen and oxygen atoms in total. The van der Waals surface area contributed by atoms with Gasteiger partial charge >= 0.3 is 0 Å². The molecule has 0 amide bonds. The second-order valence-corrected chi connectivity index (χ2v) is 5.93. The largest absolute Gasteiger partial charge is 0.193 e. The van der Waals surface area contributed by atoms with Gasteiger partial charge in [0.05, 0.1) is 6.07 Å². The molecule has 0 N–H and O–H groups in total. The van der Waals surface area contributed by atoms with Crippen LogP contribution in [0.3, 0.4) is 0 Å². The molecule has 0 saturated carbocycles. The van der Waals surface area contributed by atoms with E-state index in [0.717, 1.165) is 24.8 Å². The number of fused-ring (bicyclic) bond motifs is 1. The van der Waals surface area contributed by atoms with Crippen molar-refractivity contribution < 1.29 is 0 Å². The lowest BCUT2D eigenvalue weighted by Gasteiger charge is -2.18. The Hall–Kier alpha value is -1.55. The Morgan fingerprint density at radius 3 is 2.72 bits per heavy atom. The van der Waals surface area contributed by atoms with Gasteiger partial charge in [-0.05, 0) is 41.9 Å². The van der Waals surface area contributed by atoms with Crippen molar-refractivity contribution in [3.8, 4) is 6.07 Å². The van der Waals surface area contributed by atoms with E-state index in [1.54, 1.807) is 0 Å². The molecular weight excluding hydrogens is 218 g/mol. The molecule has 0 aliphatic heterocycles. The highest BCUT2D eigenvalue weighted by Crippen LogP contribution is 2.47. The van der Waals surface area contributed by atoms with Crippen molar-refractivity contribution in [3.63, 3.8) is 0 Å². The van der Waals surface area contributed by atoms with Crippen LogP contribution >= 0.6 is 0 Å². The second-order valence-electron chi connectivity index (χ2n) is 5.93. The van der Waals surface area contributed by atoms with Crippen molar-refractivity contribution >= 4 is 5.57 Å². The minimum absolute atomic E-state index is 0.161.